The van der Waals surface area contributed by atoms with Crippen molar-refractivity contribution in [2.75, 3.05) is 25.1 Å². The maximum atomic E-state index is 13.9. The van der Waals surface area contributed by atoms with Crippen LogP contribution in [0.3, 0.4) is 0 Å². The van der Waals surface area contributed by atoms with Crippen LogP contribution in [0.4, 0.5) is 5.69 Å². The van der Waals surface area contributed by atoms with E-state index < -0.39 is 17.1 Å². The normalized spacial score (nSPS) is 22.8. The maximum Gasteiger partial charge on any atom is 0.308 e. The number of nitrogens with zero attached hydrogens (tertiary/aromatic N) is 3. The van der Waals surface area contributed by atoms with Gasteiger partial charge in [-0.2, -0.15) is 0 Å². The van der Waals surface area contributed by atoms with Gasteiger partial charge in [0.2, 0.25) is 17.7 Å². The molecule has 8 nitrogen and oxygen atoms in total. The number of ether oxygens (including phenoxy) is 1. The van der Waals surface area contributed by atoms with E-state index >= 15 is 0 Å². The summed E-state index contributed by atoms with van der Waals surface area (Å²) in [7, 11) is 1.59. The van der Waals surface area contributed by atoms with Gasteiger partial charge >= 0.3 is 4.87 Å². The number of para-hydroxylation sites is 1. The molecular formula is C28H27N3O5S2. The second-order valence-electron chi connectivity index (χ2n) is 9.73. The Labute approximate surface area is 228 Å². The number of imide groups is 1. The number of carbonyl (C=O) groups excluding carboxylic acids is 3. The van der Waals surface area contributed by atoms with Gasteiger partial charge in [-0.05, 0) is 49.1 Å². The number of hydrogen-bond acceptors (Lipinski definition) is 7. The van der Waals surface area contributed by atoms with Gasteiger partial charge in [0.25, 0.3) is 0 Å². The largest absolute Gasteiger partial charge is 0.497 e. The van der Waals surface area contributed by atoms with Crippen molar-refractivity contribution in [2.24, 2.45) is 5.92 Å². The highest BCUT2D eigenvalue weighted by atomic mass is 32.2. The first-order valence-corrected chi connectivity index (χ1v) is 14.4. The Bertz CT molecular complexity index is 1440. The first-order chi connectivity index (χ1) is 18.5. The number of hydrogen-bond donors (Lipinski definition) is 0. The standard InChI is InChI=1S/C28H27N3O5S2/c1-36-19-12-10-17(11-13-19)21-22-23(26(34)31(25(22)33)18-8-4-2-5-9-18)37-27-24(21)38-28(35)30(27)16-20(32)29-14-6-3-7-15-29/h2,4-5,8-13,21-23H,3,6-7,14-16H2,1H3/t21-,22-,23+/m0/s1. The summed E-state index contributed by atoms with van der Waals surface area (Å²) in [5.74, 6) is -1.15. The molecule has 2 aromatic carbocycles. The highest BCUT2D eigenvalue weighted by Crippen LogP contribution is 2.54. The molecular weight excluding hydrogens is 522 g/mol. The Kier molecular flexibility index (Phi) is 6.61. The van der Waals surface area contributed by atoms with Crippen LogP contribution in [0.1, 0.15) is 35.6 Å². The molecule has 0 unspecified atom stereocenters. The number of thioether (sulfide) groups is 1. The maximum absolute atomic E-state index is 13.9. The Morgan fingerprint density at radius 2 is 1.66 bits per heavy atom. The molecule has 2 saturated heterocycles. The minimum absolute atomic E-state index is 0.0606. The smallest absolute Gasteiger partial charge is 0.308 e. The lowest BCUT2D eigenvalue weighted by Crippen LogP contribution is -2.39. The van der Waals surface area contributed by atoms with Gasteiger partial charge in [-0.1, -0.05) is 53.4 Å². The van der Waals surface area contributed by atoms with E-state index in [1.807, 2.05) is 35.2 Å². The van der Waals surface area contributed by atoms with Crippen molar-refractivity contribution in [1.82, 2.24) is 9.47 Å². The van der Waals surface area contributed by atoms with Gasteiger partial charge in [0, 0.05) is 23.9 Å². The summed E-state index contributed by atoms with van der Waals surface area (Å²) in [5.41, 5.74) is 1.36. The topological polar surface area (TPSA) is 88.9 Å². The second kappa shape index (κ2) is 10.1. The van der Waals surface area contributed by atoms with Crippen LogP contribution in [0.25, 0.3) is 0 Å². The predicted octanol–water partition coefficient (Wildman–Crippen LogP) is 3.73. The van der Waals surface area contributed by atoms with Crippen LogP contribution in [-0.2, 0) is 20.9 Å². The highest BCUT2D eigenvalue weighted by Gasteiger charge is 2.56. The van der Waals surface area contributed by atoms with Gasteiger partial charge < -0.3 is 9.64 Å². The molecule has 196 valence electrons. The van der Waals surface area contributed by atoms with E-state index in [0.29, 0.717) is 29.6 Å². The van der Waals surface area contributed by atoms with Crippen molar-refractivity contribution in [1.29, 1.82) is 0 Å². The molecule has 3 atom stereocenters. The predicted molar refractivity (Wildman–Crippen MR) is 146 cm³/mol. The Hall–Kier alpha value is -3.37. The average molecular weight is 550 g/mol. The minimum Gasteiger partial charge on any atom is -0.497 e. The molecule has 3 amide bonds. The molecule has 6 rings (SSSR count). The van der Waals surface area contributed by atoms with Gasteiger partial charge in [0.15, 0.2) is 0 Å². The van der Waals surface area contributed by atoms with Crippen LogP contribution in [0.5, 0.6) is 5.75 Å². The molecule has 2 fully saturated rings. The van der Waals surface area contributed by atoms with Gasteiger partial charge in [-0.15, -0.1) is 0 Å². The van der Waals surface area contributed by atoms with Crippen LogP contribution in [0, 0.1) is 5.92 Å². The molecule has 38 heavy (non-hydrogen) atoms. The number of anilines is 1. The van der Waals surface area contributed by atoms with Gasteiger partial charge in [0.05, 0.1) is 23.7 Å². The summed E-state index contributed by atoms with van der Waals surface area (Å²) in [5, 5.41) is -0.0869. The summed E-state index contributed by atoms with van der Waals surface area (Å²) in [6.07, 6.45) is 3.03. The SMILES string of the molecule is COc1ccc([C@@H]2c3sc(=O)n(CC(=O)N4CCCCC4)c3S[C@H]3C(=O)N(c4ccccc4)C(=O)[C@@H]23)cc1. The van der Waals surface area contributed by atoms with E-state index in [1.165, 1.54) is 21.2 Å². The molecule has 1 aromatic heterocycles. The fourth-order valence-electron chi connectivity index (χ4n) is 5.64. The van der Waals surface area contributed by atoms with Crippen molar-refractivity contribution < 1.29 is 19.1 Å². The fourth-order valence-corrected chi connectivity index (χ4v) is 8.41. The van der Waals surface area contributed by atoms with Crippen molar-refractivity contribution in [3.8, 4) is 5.75 Å². The van der Waals surface area contributed by atoms with E-state index in [0.717, 1.165) is 41.0 Å². The summed E-state index contributed by atoms with van der Waals surface area (Å²) in [6.45, 7) is 1.34. The van der Waals surface area contributed by atoms with E-state index in [4.69, 9.17) is 4.74 Å². The van der Waals surface area contributed by atoms with Crippen LogP contribution in [0.2, 0.25) is 0 Å². The highest BCUT2D eigenvalue weighted by molar-refractivity contribution is 8.00. The molecule has 10 heteroatoms. The third-order valence-corrected chi connectivity index (χ3v) is 10.1. The third-order valence-electron chi connectivity index (χ3n) is 7.54. The lowest BCUT2D eigenvalue weighted by atomic mass is 9.83. The van der Waals surface area contributed by atoms with E-state index in [2.05, 4.69) is 0 Å². The van der Waals surface area contributed by atoms with E-state index in [9.17, 15) is 19.2 Å². The van der Waals surface area contributed by atoms with E-state index in [-0.39, 0.29) is 29.1 Å². The van der Waals surface area contributed by atoms with Crippen molar-refractivity contribution in [3.63, 3.8) is 0 Å². The molecule has 0 radical (unpaired) electrons. The number of thiazole rings is 1. The Morgan fingerprint density at radius 3 is 2.34 bits per heavy atom. The number of methoxy groups -OCH3 is 1. The van der Waals surface area contributed by atoms with Gasteiger partial charge in [-0.3, -0.25) is 23.7 Å². The molecule has 3 aliphatic rings. The lowest BCUT2D eigenvalue weighted by molar-refractivity contribution is -0.133. The molecule has 0 N–H and O–H groups in total. The van der Waals surface area contributed by atoms with Crippen LogP contribution >= 0.6 is 23.1 Å². The summed E-state index contributed by atoms with van der Waals surface area (Å²) in [4.78, 5) is 57.6. The number of likely N-dealkylation sites (tertiary alicyclic amines) is 1. The Balaban J connectivity index is 1.43. The minimum atomic E-state index is -0.701. The summed E-state index contributed by atoms with van der Waals surface area (Å²) in [6, 6.07) is 16.4. The van der Waals surface area contributed by atoms with E-state index in [1.54, 1.807) is 31.4 Å². The van der Waals surface area contributed by atoms with Crippen molar-refractivity contribution in [2.45, 2.75) is 42.0 Å². The lowest BCUT2D eigenvalue weighted by Gasteiger charge is -2.31. The zero-order valence-corrected chi connectivity index (χ0v) is 22.5. The van der Waals surface area contributed by atoms with Crippen LogP contribution in [0.15, 0.2) is 64.4 Å². The molecule has 0 spiro atoms. The number of piperidine rings is 1. The molecule has 3 aliphatic heterocycles. The molecule has 4 heterocycles. The van der Waals surface area contributed by atoms with Gasteiger partial charge in [0.1, 0.15) is 17.5 Å². The molecule has 0 aliphatic carbocycles. The van der Waals surface area contributed by atoms with Crippen LogP contribution in [-0.4, -0.2) is 52.6 Å². The first kappa shape index (κ1) is 24.9. The first-order valence-electron chi connectivity index (χ1n) is 12.7. The number of fused-ring (bicyclic) bond motifs is 2. The molecule has 0 bridgehead atoms. The number of carbonyl (C=O) groups is 3. The molecule has 0 saturated carbocycles. The average Bonchev–Trinajstić information content (AvgIpc) is 3.40. The second-order valence-corrected chi connectivity index (χ2v) is 11.9. The zero-order chi connectivity index (χ0) is 26.4. The summed E-state index contributed by atoms with van der Waals surface area (Å²) < 4.78 is 6.83. The number of aromatic nitrogens is 1. The summed E-state index contributed by atoms with van der Waals surface area (Å²) >= 11 is 2.32. The quantitative estimate of drug-likeness (QED) is 0.451. The Morgan fingerprint density at radius 1 is 0.947 bits per heavy atom. The number of rotatable bonds is 5. The fraction of sp³-hybridized carbons (Fsp3) is 0.357. The zero-order valence-electron chi connectivity index (χ0n) is 20.9. The number of benzene rings is 2. The van der Waals surface area contributed by atoms with Crippen molar-refractivity contribution in [3.05, 3.63) is 74.7 Å². The van der Waals surface area contributed by atoms with Gasteiger partial charge in [-0.25, -0.2) is 4.90 Å². The number of amides is 3. The third kappa shape index (κ3) is 4.16. The van der Waals surface area contributed by atoms with Crippen molar-refractivity contribution >= 4 is 46.5 Å². The monoisotopic (exact) mass is 549 g/mol. The van der Waals surface area contributed by atoms with Crippen LogP contribution < -0.4 is 14.5 Å². The molecule has 3 aromatic rings.